The molecule has 0 aliphatic rings. The number of H-pyrrole nitrogens is 1. The Bertz CT molecular complexity index is 674. The van der Waals surface area contributed by atoms with Crippen molar-refractivity contribution in [2.45, 2.75) is 0 Å². The molecule has 0 aliphatic carbocycles. The van der Waals surface area contributed by atoms with Gasteiger partial charge in [-0.3, -0.25) is 4.79 Å². The predicted octanol–water partition coefficient (Wildman–Crippen LogP) is 1.24. The van der Waals surface area contributed by atoms with Crippen molar-refractivity contribution in [3.8, 4) is 11.5 Å². The van der Waals surface area contributed by atoms with Crippen LogP contribution in [0.25, 0.3) is 10.9 Å². The van der Waals surface area contributed by atoms with E-state index in [-0.39, 0.29) is 5.69 Å². The summed E-state index contributed by atoms with van der Waals surface area (Å²) in [6.07, 6.45) is 0. The molecule has 0 unspecified atom stereocenters. The number of aromatic nitrogens is 1. The predicted molar refractivity (Wildman–Crippen MR) is 64.6 cm³/mol. The molecule has 0 aliphatic heterocycles. The second kappa shape index (κ2) is 4.40. The van der Waals surface area contributed by atoms with Crippen molar-refractivity contribution in [1.29, 1.82) is 0 Å². The van der Waals surface area contributed by atoms with Crippen molar-refractivity contribution in [2.75, 3.05) is 14.2 Å². The van der Waals surface area contributed by atoms with Gasteiger partial charge in [-0.15, -0.1) is 0 Å². The molecular weight excluding hydrogens is 238 g/mol. The van der Waals surface area contributed by atoms with E-state index in [4.69, 9.17) is 14.6 Å². The largest absolute Gasteiger partial charge is 0.497 e. The minimum Gasteiger partial charge on any atom is -0.497 e. The summed E-state index contributed by atoms with van der Waals surface area (Å²) in [5.41, 5.74) is -0.237. The minimum atomic E-state index is -1.20. The van der Waals surface area contributed by atoms with Crippen LogP contribution in [0.2, 0.25) is 0 Å². The van der Waals surface area contributed by atoms with Gasteiger partial charge in [-0.1, -0.05) is 0 Å². The van der Waals surface area contributed by atoms with Crippen LogP contribution in [0.5, 0.6) is 11.5 Å². The van der Waals surface area contributed by atoms with E-state index in [1.807, 2.05) is 0 Å². The number of pyridine rings is 1. The van der Waals surface area contributed by atoms with Gasteiger partial charge in [-0.05, 0) is 0 Å². The maximum absolute atomic E-state index is 11.9. The number of nitrogens with one attached hydrogen (secondary N) is 1. The number of fused-ring (bicyclic) bond motifs is 1. The Morgan fingerprint density at radius 2 is 1.94 bits per heavy atom. The Labute approximate surface area is 102 Å². The second-order valence-electron chi connectivity index (χ2n) is 3.60. The van der Waals surface area contributed by atoms with Gasteiger partial charge < -0.3 is 19.6 Å². The zero-order chi connectivity index (χ0) is 13.3. The van der Waals surface area contributed by atoms with Crippen molar-refractivity contribution in [3.05, 3.63) is 34.1 Å². The quantitative estimate of drug-likeness (QED) is 0.854. The molecule has 0 radical (unpaired) electrons. The summed E-state index contributed by atoms with van der Waals surface area (Å²) in [7, 11) is 2.90. The Kier molecular flexibility index (Phi) is 2.93. The summed E-state index contributed by atoms with van der Waals surface area (Å²) in [4.78, 5) is 25.4. The van der Waals surface area contributed by atoms with Gasteiger partial charge in [0.1, 0.15) is 17.2 Å². The Morgan fingerprint density at radius 1 is 1.22 bits per heavy atom. The SMILES string of the molecule is COc1cc(OC)c2c(=O)cc(C(=O)O)[nH]c2c1. The molecule has 0 saturated carbocycles. The molecule has 0 fully saturated rings. The molecular formula is C12H11NO5. The number of carbonyl (C=O) groups is 1. The summed E-state index contributed by atoms with van der Waals surface area (Å²) >= 11 is 0. The molecule has 0 spiro atoms. The highest BCUT2D eigenvalue weighted by Crippen LogP contribution is 2.27. The van der Waals surface area contributed by atoms with Crippen LogP contribution in [0.4, 0.5) is 0 Å². The van der Waals surface area contributed by atoms with E-state index in [1.165, 1.54) is 14.2 Å². The highest BCUT2D eigenvalue weighted by molar-refractivity contribution is 5.92. The third-order valence-electron chi connectivity index (χ3n) is 2.55. The van der Waals surface area contributed by atoms with E-state index in [9.17, 15) is 9.59 Å². The summed E-state index contributed by atoms with van der Waals surface area (Å²) in [5, 5.41) is 9.18. The van der Waals surface area contributed by atoms with Gasteiger partial charge in [-0.2, -0.15) is 0 Å². The fourth-order valence-corrected chi connectivity index (χ4v) is 1.72. The summed E-state index contributed by atoms with van der Waals surface area (Å²) < 4.78 is 10.2. The first-order chi connectivity index (χ1) is 8.56. The van der Waals surface area contributed by atoms with E-state index in [1.54, 1.807) is 12.1 Å². The van der Waals surface area contributed by atoms with Crippen LogP contribution in [-0.2, 0) is 0 Å². The molecule has 2 aromatic rings. The molecule has 0 saturated heterocycles. The number of aromatic carboxylic acids is 1. The van der Waals surface area contributed by atoms with E-state index >= 15 is 0 Å². The maximum atomic E-state index is 11.9. The number of rotatable bonds is 3. The molecule has 0 atom stereocenters. The van der Waals surface area contributed by atoms with Crippen molar-refractivity contribution in [2.24, 2.45) is 0 Å². The van der Waals surface area contributed by atoms with Crippen molar-refractivity contribution < 1.29 is 19.4 Å². The van der Waals surface area contributed by atoms with E-state index in [0.717, 1.165) is 6.07 Å². The van der Waals surface area contributed by atoms with Crippen LogP contribution >= 0.6 is 0 Å². The zero-order valence-corrected chi connectivity index (χ0v) is 9.81. The molecule has 6 nitrogen and oxygen atoms in total. The number of carboxylic acids is 1. The summed E-state index contributed by atoms with van der Waals surface area (Å²) in [5.74, 6) is -0.393. The number of ether oxygens (including phenoxy) is 2. The molecule has 1 heterocycles. The summed E-state index contributed by atoms with van der Waals surface area (Å²) in [6, 6.07) is 4.14. The molecule has 2 rings (SSSR count). The van der Waals surface area contributed by atoms with Gasteiger partial charge in [0.25, 0.3) is 0 Å². The first-order valence-electron chi connectivity index (χ1n) is 5.09. The Morgan fingerprint density at radius 3 is 2.50 bits per heavy atom. The first-order valence-corrected chi connectivity index (χ1v) is 5.09. The van der Waals surface area contributed by atoms with E-state index < -0.39 is 11.4 Å². The fourth-order valence-electron chi connectivity index (χ4n) is 1.72. The van der Waals surface area contributed by atoms with E-state index in [2.05, 4.69) is 4.98 Å². The number of benzene rings is 1. The zero-order valence-electron chi connectivity index (χ0n) is 9.81. The van der Waals surface area contributed by atoms with Gasteiger partial charge in [0, 0.05) is 18.2 Å². The van der Waals surface area contributed by atoms with Gasteiger partial charge in [-0.25, -0.2) is 4.79 Å². The molecule has 94 valence electrons. The number of carboxylic acid groups (broad SMARTS) is 1. The third-order valence-corrected chi connectivity index (χ3v) is 2.55. The van der Waals surface area contributed by atoms with Crippen LogP contribution in [0.1, 0.15) is 10.5 Å². The standard InChI is InChI=1S/C12H11NO5/c1-17-6-3-7-11(10(4-6)18-2)9(14)5-8(13-7)12(15)16/h3-5H,1-2H3,(H,13,14)(H,15,16). The van der Waals surface area contributed by atoms with Crippen LogP contribution in [0, 0.1) is 0 Å². The number of methoxy groups -OCH3 is 2. The summed E-state index contributed by atoms with van der Waals surface area (Å²) in [6.45, 7) is 0. The van der Waals surface area contributed by atoms with Crippen LogP contribution in [-0.4, -0.2) is 30.3 Å². The molecule has 6 heteroatoms. The highest BCUT2D eigenvalue weighted by Gasteiger charge is 2.13. The maximum Gasteiger partial charge on any atom is 0.352 e. The third kappa shape index (κ3) is 1.88. The molecule has 0 bridgehead atoms. The van der Waals surface area contributed by atoms with Crippen LogP contribution < -0.4 is 14.9 Å². The van der Waals surface area contributed by atoms with Crippen LogP contribution in [0.15, 0.2) is 23.0 Å². The lowest BCUT2D eigenvalue weighted by molar-refractivity contribution is 0.0691. The number of hydrogen-bond donors (Lipinski definition) is 2. The van der Waals surface area contributed by atoms with Crippen molar-refractivity contribution in [3.63, 3.8) is 0 Å². The lowest BCUT2D eigenvalue weighted by Crippen LogP contribution is -2.10. The van der Waals surface area contributed by atoms with Crippen molar-refractivity contribution >= 4 is 16.9 Å². The lowest BCUT2D eigenvalue weighted by atomic mass is 10.1. The molecule has 18 heavy (non-hydrogen) atoms. The second-order valence-corrected chi connectivity index (χ2v) is 3.60. The number of aromatic amines is 1. The number of hydrogen-bond acceptors (Lipinski definition) is 4. The van der Waals surface area contributed by atoms with Gasteiger partial charge in [0.2, 0.25) is 0 Å². The molecule has 1 aromatic heterocycles. The first kappa shape index (κ1) is 12.0. The Balaban J connectivity index is 2.86. The molecule has 1 aromatic carbocycles. The smallest absolute Gasteiger partial charge is 0.352 e. The fraction of sp³-hybridized carbons (Fsp3) is 0.167. The van der Waals surface area contributed by atoms with Gasteiger partial charge in [0.15, 0.2) is 5.43 Å². The topological polar surface area (TPSA) is 88.6 Å². The minimum absolute atomic E-state index is 0.178. The normalized spacial score (nSPS) is 10.3. The van der Waals surface area contributed by atoms with E-state index in [0.29, 0.717) is 22.4 Å². The van der Waals surface area contributed by atoms with Crippen molar-refractivity contribution in [1.82, 2.24) is 4.98 Å². The molecule has 0 amide bonds. The van der Waals surface area contributed by atoms with Crippen LogP contribution in [0.3, 0.4) is 0 Å². The average molecular weight is 249 g/mol. The average Bonchev–Trinajstić information content (AvgIpc) is 2.36. The molecule has 2 N–H and O–H groups in total. The Hall–Kier alpha value is -2.50. The lowest BCUT2D eigenvalue weighted by Gasteiger charge is -2.08. The van der Waals surface area contributed by atoms with Gasteiger partial charge >= 0.3 is 5.97 Å². The van der Waals surface area contributed by atoms with Gasteiger partial charge in [0.05, 0.1) is 25.1 Å². The highest BCUT2D eigenvalue weighted by atomic mass is 16.5. The monoisotopic (exact) mass is 249 g/mol.